The average molecular weight is 236 g/mol. The first-order valence-corrected chi connectivity index (χ1v) is 6.15. The highest BCUT2D eigenvalue weighted by Crippen LogP contribution is 2.18. The predicted octanol–water partition coefficient (Wildman–Crippen LogP) is 1.79. The van der Waals surface area contributed by atoms with Gasteiger partial charge in [-0.3, -0.25) is 0 Å². The highest BCUT2D eigenvalue weighted by Gasteiger charge is 2.20. The van der Waals surface area contributed by atoms with E-state index in [4.69, 9.17) is 21.1 Å². The van der Waals surface area contributed by atoms with E-state index in [0.717, 1.165) is 19.5 Å². The van der Waals surface area contributed by atoms with Crippen LogP contribution in [-0.4, -0.2) is 44.4 Å². The van der Waals surface area contributed by atoms with Gasteiger partial charge >= 0.3 is 0 Å². The number of ether oxygens (including phenoxy) is 2. The third-order valence-electron chi connectivity index (χ3n) is 2.67. The van der Waals surface area contributed by atoms with E-state index >= 15 is 0 Å². The molecule has 0 aromatic rings. The third-order valence-corrected chi connectivity index (χ3v) is 3.02. The Morgan fingerprint density at radius 3 is 2.93 bits per heavy atom. The minimum atomic E-state index is 0.117. The Bertz CT molecular complexity index is 169. The van der Waals surface area contributed by atoms with Gasteiger partial charge in [-0.05, 0) is 32.7 Å². The lowest BCUT2D eigenvalue weighted by Crippen LogP contribution is -2.29. The maximum atomic E-state index is 6.00. The summed E-state index contributed by atoms with van der Waals surface area (Å²) in [7, 11) is 1.68. The number of halogens is 1. The third kappa shape index (κ3) is 5.71. The van der Waals surface area contributed by atoms with E-state index in [-0.39, 0.29) is 5.38 Å². The van der Waals surface area contributed by atoms with E-state index in [2.05, 4.69) is 12.2 Å². The van der Waals surface area contributed by atoms with Crippen LogP contribution in [-0.2, 0) is 9.47 Å². The molecule has 1 aliphatic heterocycles. The summed E-state index contributed by atoms with van der Waals surface area (Å²) in [6.45, 7) is 4.64. The number of hydrogen-bond acceptors (Lipinski definition) is 3. The van der Waals surface area contributed by atoms with Gasteiger partial charge < -0.3 is 14.8 Å². The first-order chi connectivity index (χ1) is 7.22. The molecule has 0 bridgehead atoms. The smallest absolute Gasteiger partial charge is 0.0704 e. The molecule has 1 heterocycles. The molecule has 4 heteroatoms. The van der Waals surface area contributed by atoms with Crippen LogP contribution in [0, 0.1) is 0 Å². The molecule has 0 aromatic heterocycles. The zero-order chi connectivity index (χ0) is 11.1. The summed E-state index contributed by atoms with van der Waals surface area (Å²) < 4.78 is 10.7. The fourth-order valence-corrected chi connectivity index (χ4v) is 2.06. The Kier molecular flexibility index (Phi) is 6.57. The van der Waals surface area contributed by atoms with Crippen molar-refractivity contribution < 1.29 is 9.47 Å². The molecule has 0 aromatic carbocycles. The lowest BCUT2D eigenvalue weighted by atomic mass is 10.2. The van der Waals surface area contributed by atoms with Gasteiger partial charge in [-0.25, -0.2) is 0 Å². The summed E-state index contributed by atoms with van der Waals surface area (Å²) in [5.41, 5.74) is 0. The summed E-state index contributed by atoms with van der Waals surface area (Å²) in [4.78, 5) is 0. The number of nitrogens with one attached hydrogen (secondary N) is 1. The molecular formula is C11H22ClNO2. The zero-order valence-corrected chi connectivity index (χ0v) is 10.4. The molecule has 90 valence electrons. The van der Waals surface area contributed by atoms with Crippen molar-refractivity contribution in [2.24, 2.45) is 0 Å². The quantitative estimate of drug-likeness (QED) is 0.539. The second-order valence-electron chi connectivity index (χ2n) is 4.19. The van der Waals surface area contributed by atoms with Crippen molar-refractivity contribution in [1.29, 1.82) is 0 Å². The van der Waals surface area contributed by atoms with Crippen LogP contribution in [0.2, 0.25) is 0 Å². The van der Waals surface area contributed by atoms with Gasteiger partial charge in [0.2, 0.25) is 0 Å². The first-order valence-electron chi connectivity index (χ1n) is 5.71. The standard InChI is InChI=1S/C11H22ClNO2/c1-9-3-4-11(15-9)7-13-6-5-10(12)8-14-2/h9-11,13H,3-8H2,1-2H3. The minimum Gasteiger partial charge on any atom is -0.383 e. The molecule has 0 aliphatic carbocycles. The highest BCUT2D eigenvalue weighted by atomic mass is 35.5. The second-order valence-corrected chi connectivity index (χ2v) is 4.81. The van der Waals surface area contributed by atoms with Gasteiger partial charge in [-0.15, -0.1) is 11.6 Å². The molecule has 1 saturated heterocycles. The fourth-order valence-electron chi connectivity index (χ4n) is 1.82. The average Bonchev–Trinajstić information content (AvgIpc) is 2.60. The molecule has 0 amide bonds. The van der Waals surface area contributed by atoms with E-state index in [1.807, 2.05) is 0 Å². The fraction of sp³-hybridized carbons (Fsp3) is 1.00. The van der Waals surface area contributed by atoms with E-state index in [1.165, 1.54) is 12.8 Å². The Hall–Kier alpha value is 0.170. The highest BCUT2D eigenvalue weighted by molar-refractivity contribution is 6.20. The van der Waals surface area contributed by atoms with Crippen molar-refractivity contribution in [1.82, 2.24) is 5.32 Å². The Balaban J connectivity index is 1.92. The van der Waals surface area contributed by atoms with Gasteiger partial charge in [-0.2, -0.15) is 0 Å². The normalized spacial score (nSPS) is 28.2. The SMILES string of the molecule is COCC(Cl)CCNCC1CCC(C)O1. The van der Waals surface area contributed by atoms with Crippen LogP contribution in [0.25, 0.3) is 0 Å². The molecular weight excluding hydrogens is 214 g/mol. The lowest BCUT2D eigenvalue weighted by Gasteiger charge is -2.13. The van der Waals surface area contributed by atoms with Crippen molar-refractivity contribution in [2.45, 2.75) is 43.8 Å². The van der Waals surface area contributed by atoms with Crippen molar-refractivity contribution in [3.8, 4) is 0 Å². The summed E-state index contributed by atoms with van der Waals surface area (Å²) in [6, 6.07) is 0. The maximum absolute atomic E-state index is 6.00. The summed E-state index contributed by atoms with van der Waals surface area (Å²) in [5.74, 6) is 0. The topological polar surface area (TPSA) is 30.5 Å². The van der Waals surface area contributed by atoms with Gasteiger partial charge in [-0.1, -0.05) is 0 Å². The molecule has 15 heavy (non-hydrogen) atoms. The molecule has 1 aliphatic rings. The van der Waals surface area contributed by atoms with Crippen LogP contribution < -0.4 is 5.32 Å². The van der Waals surface area contributed by atoms with Crippen molar-refractivity contribution in [2.75, 3.05) is 26.8 Å². The van der Waals surface area contributed by atoms with Crippen molar-refractivity contribution in [3.05, 3.63) is 0 Å². The summed E-state index contributed by atoms with van der Waals surface area (Å²) >= 11 is 6.00. The molecule has 1 N–H and O–H groups in total. The number of methoxy groups -OCH3 is 1. The van der Waals surface area contributed by atoms with Gasteiger partial charge in [0.15, 0.2) is 0 Å². The second kappa shape index (κ2) is 7.44. The van der Waals surface area contributed by atoms with E-state index in [1.54, 1.807) is 7.11 Å². The van der Waals surface area contributed by atoms with E-state index in [0.29, 0.717) is 18.8 Å². The molecule has 3 nitrogen and oxygen atoms in total. The van der Waals surface area contributed by atoms with Crippen LogP contribution in [0.3, 0.4) is 0 Å². The summed E-state index contributed by atoms with van der Waals surface area (Å²) in [5, 5.41) is 3.49. The van der Waals surface area contributed by atoms with Gasteiger partial charge in [0.05, 0.1) is 24.2 Å². The molecule has 3 unspecified atom stereocenters. The monoisotopic (exact) mass is 235 g/mol. The molecule has 1 rings (SSSR count). The van der Waals surface area contributed by atoms with Gasteiger partial charge in [0.25, 0.3) is 0 Å². The number of rotatable bonds is 7. The first kappa shape index (κ1) is 13.2. The van der Waals surface area contributed by atoms with E-state index < -0.39 is 0 Å². The molecule has 3 atom stereocenters. The largest absolute Gasteiger partial charge is 0.383 e. The van der Waals surface area contributed by atoms with Gasteiger partial charge in [0.1, 0.15) is 0 Å². The maximum Gasteiger partial charge on any atom is 0.0704 e. The summed E-state index contributed by atoms with van der Waals surface area (Å²) in [6.07, 6.45) is 4.14. The van der Waals surface area contributed by atoms with E-state index in [9.17, 15) is 0 Å². The van der Waals surface area contributed by atoms with Crippen LogP contribution >= 0.6 is 11.6 Å². The van der Waals surface area contributed by atoms with Crippen molar-refractivity contribution in [3.63, 3.8) is 0 Å². The molecule has 0 spiro atoms. The van der Waals surface area contributed by atoms with Crippen LogP contribution in [0.15, 0.2) is 0 Å². The zero-order valence-electron chi connectivity index (χ0n) is 9.67. The van der Waals surface area contributed by atoms with Crippen LogP contribution in [0.1, 0.15) is 26.2 Å². The van der Waals surface area contributed by atoms with Crippen LogP contribution in [0.4, 0.5) is 0 Å². The predicted molar refractivity (Wildman–Crippen MR) is 62.6 cm³/mol. The number of hydrogen-bond donors (Lipinski definition) is 1. The Morgan fingerprint density at radius 1 is 1.53 bits per heavy atom. The Labute approximate surface area is 97.5 Å². The molecule has 0 radical (unpaired) electrons. The lowest BCUT2D eigenvalue weighted by molar-refractivity contribution is 0.0560. The Morgan fingerprint density at radius 2 is 2.33 bits per heavy atom. The van der Waals surface area contributed by atoms with Crippen LogP contribution in [0.5, 0.6) is 0 Å². The van der Waals surface area contributed by atoms with Crippen molar-refractivity contribution >= 4 is 11.6 Å². The number of alkyl halides is 1. The van der Waals surface area contributed by atoms with Gasteiger partial charge in [0, 0.05) is 13.7 Å². The minimum absolute atomic E-state index is 0.117. The molecule has 0 saturated carbocycles. The molecule has 1 fully saturated rings.